The third-order valence-electron chi connectivity index (χ3n) is 15.2. The molecule has 0 aliphatic heterocycles. The third-order valence-corrected chi connectivity index (χ3v) is 15.2. The second kappa shape index (κ2) is 10.1. The maximum absolute atomic E-state index is 14.3. The smallest absolute Gasteiger partial charge is 0.248 e. The number of hydrogen-bond acceptors (Lipinski definition) is 3. The normalized spacial score (nSPS) is 45.7. The molecule has 242 valence electrons. The fourth-order valence-corrected chi connectivity index (χ4v) is 12.6. The van der Waals surface area contributed by atoms with Gasteiger partial charge in [0.15, 0.2) is 5.78 Å². The van der Waals surface area contributed by atoms with Gasteiger partial charge in [0.1, 0.15) is 0 Å². The Morgan fingerprint density at radius 1 is 0.860 bits per heavy atom. The first-order valence-corrected chi connectivity index (χ1v) is 17.5. The molecule has 0 saturated heterocycles. The summed E-state index contributed by atoms with van der Waals surface area (Å²) in [5, 5.41) is 14.2. The molecule has 6 aliphatic carbocycles. The van der Waals surface area contributed by atoms with Gasteiger partial charge in [-0.3, -0.25) is 9.59 Å². The van der Waals surface area contributed by atoms with Crippen LogP contribution in [0.4, 0.5) is 8.78 Å². The van der Waals surface area contributed by atoms with Crippen molar-refractivity contribution >= 4 is 11.7 Å². The first kappa shape index (κ1) is 31.7. The molecule has 6 rings (SSSR count). The van der Waals surface area contributed by atoms with Gasteiger partial charge in [-0.05, 0) is 127 Å². The molecule has 3 unspecified atom stereocenters. The number of carbonyl (C=O) groups is 2. The van der Waals surface area contributed by atoms with Crippen LogP contribution in [0.3, 0.4) is 0 Å². The number of aliphatic hydroxyl groups excluding tert-OH is 1. The van der Waals surface area contributed by atoms with Gasteiger partial charge in [0.25, 0.3) is 0 Å². The number of halogens is 2. The highest BCUT2D eigenvalue weighted by Gasteiger charge is 2.70. The van der Waals surface area contributed by atoms with Crippen LogP contribution >= 0.6 is 0 Å². The summed E-state index contributed by atoms with van der Waals surface area (Å²) in [5.41, 5.74) is 1.44. The van der Waals surface area contributed by atoms with Crippen molar-refractivity contribution in [1.29, 1.82) is 0 Å². The predicted molar refractivity (Wildman–Crippen MR) is 165 cm³/mol. The molecule has 6 heteroatoms. The minimum absolute atomic E-state index is 0.0110. The highest BCUT2D eigenvalue weighted by atomic mass is 19.3. The molecule has 0 aromatic rings. The first-order valence-electron chi connectivity index (χ1n) is 17.5. The third kappa shape index (κ3) is 4.40. The van der Waals surface area contributed by atoms with E-state index in [0.29, 0.717) is 37.6 Å². The lowest BCUT2D eigenvalue weighted by atomic mass is 9.33. The van der Waals surface area contributed by atoms with Crippen LogP contribution in [-0.2, 0) is 9.59 Å². The lowest BCUT2D eigenvalue weighted by molar-refractivity contribution is -0.228. The average molecular weight is 602 g/mol. The van der Waals surface area contributed by atoms with Crippen LogP contribution in [0, 0.1) is 56.7 Å². The molecule has 0 aromatic heterocycles. The van der Waals surface area contributed by atoms with Crippen molar-refractivity contribution in [2.24, 2.45) is 56.7 Å². The van der Waals surface area contributed by atoms with E-state index in [4.69, 9.17) is 0 Å². The predicted octanol–water partition coefficient (Wildman–Crippen LogP) is 8.27. The molecule has 5 saturated carbocycles. The Morgan fingerprint density at radius 2 is 1.53 bits per heavy atom. The number of alkyl halides is 2. The Kier molecular flexibility index (Phi) is 7.44. The fraction of sp³-hybridized carbons (Fsp3) is 0.892. The van der Waals surface area contributed by atoms with E-state index in [1.165, 1.54) is 0 Å². The molecule has 2 N–H and O–H groups in total. The molecule has 0 spiro atoms. The average Bonchev–Trinajstić information content (AvgIpc) is 3.24. The summed E-state index contributed by atoms with van der Waals surface area (Å²) in [6.45, 7) is 16.8. The standard InChI is InChI=1S/C37H57F2NO3/c1-22(2)29-25(41)20-36(31(43)40-21-23-10-16-37(38,39)17-11-23)19-18-34(6)24(30(29)36)8-9-27-33(5)14-13-28(42)32(3,4)26(33)12-15-35(27,34)7/h22-24,26-28,42H,8-21H2,1-7H3,(H,40,43)/t24?,26?,27?,28-,33-,34+,35+,36+/m0/s1. The van der Waals surface area contributed by atoms with Gasteiger partial charge in [0, 0.05) is 25.8 Å². The highest BCUT2D eigenvalue weighted by molar-refractivity contribution is 6.06. The van der Waals surface area contributed by atoms with Gasteiger partial charge in [0.05, 0.1) is 11.5 Å². The van der Waals surface area contributed by atoms with Gasteiger partial charge >= 0.3 is 0 Å². The molecule has 0 aromatic carbocycles. The van der Waals surface area contributed by atoms with Crippen LogP contribution in [0.2, 0.25) is 0 Å². The Bertz CT molecular complexity index is 1200. The molecule has 5 fully saturated rings. The lowest BCUT2D eigenvalue weighted by Crippen LogP contribution is -2.66. The van der Waals surface area contributed by atoms with Crippen molar-refractivity contribution in [3.8, 4) is 0 Å². The topological polar surface area (TPSA) is 66.4 Å². The van der Waals surface area contributed by atoms with Gasteiger partial charge in [-0.1, -0.05) is 48.5 Å². The minimum atomic E-state index is -2.58. The van der Waals surface area contributed by atoms with E-state index >= 15 is 0 Å². The maximum Gasteiger partial charge on any atom is 0.248 e. The van der Waals surface area contributed by atoms with Crippen LogP contribution < -0.4 is 5.32 Å². The van der Waals surface area contributed by atoms with Crippen LogP contribution in [-0.4, -0.2) is 35.4 Å². The van der Waals surface area contributed by atoms with E-state index in [1.54, 1.807) is 0 Å². The van der Waals surface area contributed by atoms with Crippen molar-refractivity contribution in [2.45, 2.75) is 144 Å². The number of fused-ring (bicyclic) bond motifs is 7. The molecule has 0 heterocycles. The molecule has 0 bridgehead atoms. The number of aliphatic hydroxyl groups is 1. The summed E-state index contributed by atoms with van der Waals surface area (Å²) in [6.07, 6.45) is 8.62. The molecule has 0 radical (unpaired) electrons. The Labute approximate surface area is 258 Å². The van der Waals surface area contributed by atoms with Crippen molar-refractivity contribution in [2.75, 3.05) is 6.54 Å². The minimum Gasteiger partial charge on any atom is -0.393 e. The largest absolute Gasteiger partial charge is 0.393 e. The summed E-state index contributed by atoms with van der Waals surface area (Å²) < 4.78 is 27.6. The number of allylic oxidation sites excluding steroid dienone is 1. The van der Waals surface area contributed by atoms with E-state index in [9.17, 15) is 23.5 Å². The van der Waals surface area contributed by atoms with E-state index in [2.05, 4.69) is 53.8 Å². The monoisotopic (exact) mass is 601 g/mol. The van der Waals surface area contributed by atoms with Gasteiger partial charge in [0.2, 0.25) is 11.8 Å². The number of ketones is 1. The fourth-order valence-electron chi connectivity index (χ4n) is 12.6. The molecular weight excluding hydrogens is 544 g/mol. The van der Waals surface area contributed by atoms with Crippen LogP contribution in [0.25, 0.3) is 0 Å². The van der Waals surface area contributed by atoms with Crippen LogP contribution in [0.1, 0.15) is 132 Å². The van der Waals surface area contributed by atoms with Crippen LogP contribution in [0.15, 0.2) is 11.1 Å². The molecule has 6 aliphatic rings. The summed E-state index contributed by atoms with van der Waals surface area (Å²) in [5.74, 6) is -1.07. The SMILES string of the molecule is CC(C)C1=C2C3CCC4[C@@]5(C)CC[C@H](O)C(C)(C)C5CC[C@@]4(C)[C@]3(C)CC[C@@]2(C(=O)NCC2CCC(F)(F)CC2)CC1=O. The van der Waals surface area contributed by atoms with E-state index in [-0.39, 0.29) is 76.5 Å². The zero-order valence-corrected chi connectivity index (χ0v) is 27.9. The summed E-state index contributed by atoms with van der Waals surface area (Å²) in [4.78, 5) is 28.1. The molecule has 4 nitrogen and oxygen atoms in total. The van der Waals surface area contributed by atoms with Crippen molar-refractivity contribution < 1.29 is 23.5 Å². The van der Waals surface area contributed by atoms with Crippen molar-refractivity contribution in [3.63, 3.8) is 0 Å². The second-order valence-electron chi connectivity index (χ2n) is 17.7. The number of nitrogens with one attached hydrogen (secondary N) is 1. The van der Waals surface area contributed by atoms with Gasteiger partial charge < -0.3 is 10.4 Å². The second-order valence-corrected chi connectivity index (χ2v) is 17.7. The van der Waals surface area contributed by atoms with Crippen molar-refractivity contribution in [1.82, 2.24) is 5.32 Å². The van der Waals surface area contributed by atoms with Crippen molar-refractivity contribution in [3.05, 3.63) is 11.1 Å². The number of amides is 1. The number of Topliss-reactive ketones (excluding diaryl/α,β-unsaturated/α-hetero) is 1. The summed E-state index contributed by atoms with van der Waals surface area (Å²) in [6, 6.07) is 0. The van der Waals surface area contributed by atoms with Gasteiger partial charge in [-0.2, -0.15) is 0 Å². The Morgan fingerprint density at radius 3 is 2.19 bits per heavy atom. The highest BCUT2D eigenvalue weighted by Crippen LogP contribution is 2.76. The van der Waals surface area contributed by atoms with E-state index < -0.39 is 11.3 Å². The van der Waals surface area contributed by atoms with E-state index in [0.717, 1.165) is 56.1 Å². The molecule has 43 heavy (non-hydrogen) atoms. The van der Waals surface area contributed by atoms with Crippen LogP contribution in [0.5, 0.6) is 0 Å². The molecule has 1 amide bonds. The summed E-state index contributed by atoms with van der Waals surface area (Å²) >= 11 is 0. The zero-order chi connectivity index (χ0) is 31.4. The van der Waals surface area contributed by atoms with Gasteiger partial charge in [-0.25, -0.2) is 8.78 Å². The number of hydrogen-bond donors (Lipinski definition) is 2. The van der Waals surface area contributed by atoms with Gasteiger partial charge in [-0.15, -0.1) is 0 Å². The number of carbonyl (C=O) groups excluding carboxylic acids is 2. The Balaban J connectivity index is 1.32. The maximum atomic E-state index is 14.3. The quantitative estimate of drug-likeness (QED) is 0.341. The Hall–Kier alpha value is -1.30. The first-order chi connectivity index (χ1) is 19.9. The molecule has 8 atom stereocenters. The number of rotatable bonds is 4. The lowest BCUT2D eigenvalue weighted by Gasteiger charge is -2.72. The summed E-state index contributed by atoms with van der Waals surface area (Å²) in [7, 11) is 0. The zero-order valence-electron chi connectivity index (χ0n) is 27.9. The van der Waals surface area contributed by atoms with E-state index in [1.807, 2.05) is 0 Å². The molecular formula is C37H57F2NO3.